The van der Waals surface area contributed by atoms with Crippen molar-refractivity contribution in [1.82, 2.24) is 0 Å². The molecule has 2 aromatic heterocycles. The van der Waals surface area contributed by atoms with E-state index in [0.717, 1.165) is 25.7 Å². The summed E-state index contributed by atoms with van der Waals surface area (Å²) in [5, 5.41) is 10.9. The van der Waals surface area contributed by atoms with Crippen molar-refractivity contribution < 1.29 is 0 Å². The molecule has 44 heavy (non-hydrogen) atoms. The summed E-state index contributed by atoms with van der Waals surface area (Å²) >= 11 is 3.87. The summed E-state index contributed by atoms with van der Waals surface area (Å²) in [4.78, 5) is 0. The van der Waals surface area contributed by atoms with E-state index in [4.69, 9.17) is 0 Å². The molecular weight excluding hydrogens is 569 g/mol. The highest BCUT2D eigenvalue weighted by Gasteiger charge is 2.13. The molecule has 0 fully saturated rings. The molecule has 0 unspecified atom stereocenters. The smallest absolute Gasteiger partial charge is 0.0362 e. The highest BCUT2D eigenvalue weighted by Crippen LogP contribution is 2.43. The SMILES string of the molecule is c1ccc(CCc2ccc3cc4c(cc3c2)sc2cc3c(cc24)sc2cc4cc(CCc5ccccc5)ccc4cc23)cc1. The molecule has 9 rings (SSSR count). The zero-order valence-corrected chi connectivity index (χ0v) is 26.0. The highest BCUT2D eigenvalue weighted by atomic mass is 32.1. The van der Waals surface area contributed by atoms with Gasteiger partial charge < -0.3 is 0 Å². The Bertz CT molecular complexity index is 2300. The molecule has 9 aromatic rings. The normalized spacial score (nSPS) is 12.0. The summed E-state index contributed by atoms with van der Waals surface area (Å²) in [5.74, 6) is 0. The maximum atomic E-state index is 2.45. The van der Waals surface area contributed by atoms with E-state index in [0.29, 0.717) is 0 Å². The molecule has 0 radical (unpaired) electrons. The van der Waals surface area contributed by atoms with Crippen LogP contribution < -0.4 is 0 Å². The molecule has 0 saturated carbocycles. The maximum absolute atomic E-state index is 2.45. The lowest BCUT2D eigenvalue weighted by Crippen LogP contribution is -1.91. The second-order valence-corrected chi connectivity index (χ2v) is 14.2. The molecule has 2 heteroatoms. The summed E-state index contributed by atoms with van der Waals surface area (Å²) in [6, 6.07) is 50.2. The molecule has 210 valence electrons. The zero-order valence-electron chi connectivity index (χ0n) is 24.3. The molecule has 7 aromatic carbocycles. The van der Waals surface area contributed by atoms with Crippen LogP contribution in [0.3, 0.4) is 0 Å². The van der Waals surface area contributed by atoms with Crippen molar-refractivity contribution in [3.63, 3.8) is 0 Å². The van der Waals surface area contributed by atoms with Crippen molar-refractivity contribution in [2.24, 2.45) is 0 Å². The molecule has 0 spiro atoms. The molecule has 0 bridgehead atoms. The Kier molecular flexibility index (Phi) is 6.25. The third kappa shape index (κ3) is 4.66. The lowest BCUT2D eigenvalue weighted by atomic mass is 9.99. The van der Waals surface area contributed by atoms with Crippen LogP contribution in [0.1, 0.15) is 22.3 Å². The molecule has 0 aliphatic rings. The summed E-state index contributed by atoms with van der Waals surface area (Å²) in [6.45, 7) is 0. The van der Waals surface area contributed by atoms with E-state index in [1.807, 2.05) is 22.7 Å². The molecular formula is C42H30S2. The first-order valence-corrected chi connectivity index (χ1v) is 17.1. The molecule has 0 atom stereocenters. The predicted molar refractivity (Wildman–Crippen MR) is 195 cm³/mol. The Labute approximate surface area is 264 Å². The van der Waals surface area contributed by atoms with Gasteiger partial charge in [0.1, 0.15) is 0 Å². The molecule has 0 nitrogen and oxygen atoms in total. The van der Waals surface area contributed by atoms with E-state index in [9.17, 15) is 0 Å². The van der Waals surface area contributed by atoms with Gasteiger partial charge >= 0.3 is 0 Å². The second kappa shape index (κ2) is 10.6. The van der Waals surface area contributed by atoms with Gasteiger partial charge in [-0.3, -0.25) is 0 Å². The molecule has 0 saturated heterocycles. The number of thiophene rings is 2. The van der Waals surface area contributed by atoms with Crippen LogP contribution in [0, 0.1) is 0 Å². The largest absolute Gasteiger partial charge is 0.135 e. The van der Waals surface area contributed by atoms with E-state index >= 15 is 0 Å². The fourth-order valence-electron chi connectivity index (χ4n) is 6.81. The number of rotatable bonds is 6. The number of benzene rings is 7. The summed E-state index contributed by atoms with van der Waals surface area (Å²) in [6.07, 6.45) is 4.29. The molecule has 0 N–H and O–H groups in total. The van der Waals surface area contributed by atoms with Crippen LogP contribution in [-0.4, -0.2) is 0 Å². The third-order valence-electron chi connectivity index (χ3n) is 9.20. The Morgan fingerprint density at radius 3 is 1.14 bits per heavy atom. The number of hydrogen-bond donors (Lipinski definition) is 0. The van der Waals surface area contributed by atoms with Gasteiger partial charge in [-0.1, -0.05) is 97.1 Å². The lowest BCUT2D eigenvalue weighted by molar-refractivity contribution is 0.962. The Morgan fingerprint density at radius 1 is 0.295 bits per heavy atom. The minimum Gasteiger partial charge on any atom is -0.135 e. The number of aryl methyl sites for hydroxylation is 4. The minimum absolute atomic E-state index is 1.07. The Balaban J connectivity index is 1.07. The molecule has 2 heterocycles. The monoisotopic (exact) mass is 598 g/mol. The van der Waals surface area contributed by atoms with Gasteiger partial charge in [-0.2, -0.15) is 0 Å². The third-order valence-corrected chi connectivity index (χ3v) is 11.4. The van der Waals surface area contributed by atoms with Crippen LogP contribution in [0.4, 0.5) is 0 Å². The first-order valence-electron chi connectivity index (χ1n) is 15.5. The van der Waals surface area contributed by atoms with Crippen molar-refractivity contribution >= 4 is 84.6 Å². The van der Waals surface area contributed by atoms with Gasteiger partial charge in [0.05, 0.1) is 0 Å². The summed E-state index contributed by atoms with van der Waals surface area (Å²) < 4.78 is 5.51. The van der Waals surface area contributed by atoms with Gasteiger partial charge in [-0.05, 0) is 106 Å². The van der Waals surface area contributed by atoms with E-state index in [1.54, 1.807) is 0 Å². The average molecular weight is 599 g/mol. The van der Waals surface area contributed by atoms with Crippen molar-refractivity contribution in [3.05, 3.63) is 156 Å². The lowest BCUT2D eigenvalue weighted by Gasteiger charge is -2.05. The fraction of sp³-hybridized carbons (Fsp3) is 0.0952. The first kappa shape index (κ1) is 25.9. The van der Waals surface area contributed by atoms with Crippen molar-refractivity contribution in [2.45, 2.75) is 25.7 Å². The van der Waals surface area contributed by atoms with Crippen molar-refractivity contribution in [1.29, 1.82) is 0 Å². The average Bonchev–Trinajstić information content (AvgIpc) is 3.59. The molecule has 0 aliphatic carbocycles. The van der Waals surface area contributed by atoms with Gasteiger partial charge in [-0.15, -0.1) is 22.7 Å². The Hall–Kier alpha value is -4.50. The highest BCUT2D eigenvalue weighted by molar-refractivity contribution is 7.27. The fourth-order valence-corrected chi connectivity index (χ4v) is 9.12. The van der Waals surface area contributed by atoms with E-state index in [2.05, 4.69) is 133 Å². The van der Waals surface area contributed by atoms with Crippen LogP contribution >= 0.6 is 22.7 Å². The predicted octanol–water partition coefficient (Wildman–Crippen LogP) is 12.3. The van der Waals surface area contributed by atoms with Crippen LogP contribution in [0.25, 0.3) is 61.9 Å². The van der Waals surface area contributed by atoms with Gasteiger partial charge in [0.2, 0.25) is 0 Å². The summed E-state index contributed by atoms with van der Waals surface area (Å²) in [7, 11) is 0. The zero-order chi connectivity index (χ0) is 29.0. The standard InChI is InChI=1S/C42H30S2/c1-3-7-27(8-4-1)11-13-29-15-17-31-21-35-37-25-42-38(26-41(37)43-39(35)23-33(31)19-29)36-22-32-18-16-30(20-34(32)24-40(36)44-42)14-12-28-9-5-2-6-10-28/h1-10,15-26H,11-14H2. The Morgan fingerprint density at radius 2 is 0.682 bits per heavy atom. The quantitative estimate of drug-likeness (QED) is 0.179. The maximum Gasteiger partial charge on any atom is 0.0362 e. The van der Waals surface area contributed by atoms with Gasteiger partial charge in [0.15, 0.2) is 0 Å². The minimum atomic E-state index is 1.07. The van der Waals surface area contributed by atoms with Crippen LogP contribution in [0.15, 0.2) is 133 Å². The van der Waals surface area contributed by atoms with Gasteiger partial charge in [0.25, 0.3) is 0 Å². The van der Waals surface area contributed by atoms with Crippen LogP contribution in [0.5, 0.6) is 0 Å². The topological polar surface area (TPSA) is 0 Å². The van der Waals surface area contributed by atoms with Gasteiger partial charge in [0, 0.05) is 40.3 Å². The van der Waals surface area contributed by atoms with E-state index < -0.39 is 0 Å². The number of fused-ring (bicyclic) bond motifs is 8. The van der Waals surface area contributed by atoms with Crippen LogP contribution in [0.2, 0.25) is 0 Å². The summed E-state index contributed by atoms with van der Waals surface area (Å²) in [5.41, 5.74) is 5.61. The van der Waals surface area contributed by atoms with Crippen molar-refractivity contribution in [2.75, 3.05) is 0 Å². The number of hydrogen-bond acceptors (Lipinski definition) is 2. The first-order chi connectivity index (χ1) is 21.7. The molecule has 0 aliphatic heterocycles. The second-order valence-electron chi connectivity index (χ2n) is 12.1. The molecule has 0 amide bonds. The van der Waals surface area contributed by atoms with E-state index in [-0.39, 0.29) is 0 Å². The van der Waals surface area contributed by atoms with Crippen LogP contribution in [-0.2, 0) is 25.7 Å². The van der Waals surface area contributed by atoms with Crippen molar-refractivity contribution in [3.8, 4) is 0 Å². The van der Waals surface area contributed by atoms with Gasteiger partial charge in [-0.25, -0.2) is 0 Å². The van der Waals surface area contributed by atoms with E-state index in [1.165, 1.54) is 84.1 Å².